The summed E-state index contributed by atoms with van der Waals surface area (Å²) in [7, 11) is 0. The fraction of sp³-hybridized carbons (Fsp3) is 0.300. The van der Waals surface area contributed by atoms with E-state index >= 15 is 0 Å². The number of aromatic carboxylic acids is 1. The lowest BCUT2D eigenvalue weighted by molar-refractivity contribution is -0.129. The molecule has 1 aliphatic rings. The molecule has 0 bridgehead atoms. The number of carboxylic acids is 1. The highest BCUT2D eigenvalue weighted by Crippen LogP contribution is 2.24. The maximum absolute atomic E-state index is 12.5. The van der Waals surface area contributed by atoms with Gasteiger partial charge in [0.15, 0.2) is 0 Å². The molecule has 1 unspecified atom stereocenters. The lowest BCUT2D eigenvalue weighted by Gasteiger charge is -2.17. The third-order valence-electron chi connectivity index (χ3n) is 4.73. The van der Waals surface area contributed by atoms with Crippen molar-refractivity contribution in [3.8, 4) is 5.75 Å². The quantitative estimate of drug-likeness (QED) is 0.878. The van der Waals surface area contributed by atoms with Crippen molar-refractivity contribution < 1.29 is 19.8 Å². The van der Waals surface area contributed by atoms with Gasteiger partial charge in [-0.15, -0.1) is 0 Å². The third kappa shape index (κ3) is 3.99. The molecule has 1 heterocycles. The number of rotatable bonds is 5. The number of phenolic OH excluding ortho intramolecular Hbond substituents is 1. The molecule has 1 atom stereocenters. The van der Waals surface area contributed by atoms with E-state index in [0.717, 1.165) is 12.0 Å². The molecule has 1 aliphatic heterocycles. The van der Waals surface area contributed by atoms with Crippen LogP contribution in [0.2, 0.25) is 0 Å². The first-order valence-electron chi connectivity index (χ1n) is 8.40. The van der Waals surface area contributed by atoms with Crippen LogP contribution in [0.25, 0.3) is 0 Å². The molecule has 1 saturated heterocycles. The number of phenols is 1. The molecule has 0 aliphatic carbocycles. The van der Waals surface area contributed by atoms with Crippen LogP contribution in [0.5, 0.6) is 5.75 Å². The van der Waals surface area contributed by atoms with Crippen molar-refractivity contribution in [2.24, 2.45) is 5.92 Å². The van der Waals surface area contributed by atoms with Crippen LogP contribution >= 0.6 is 0 Å². The van der Waals surface area contributed by atoms with Crippen molar-refractivity contribution in [2.75, 3.05) is 13.1 Å². The first kappa shape index (κ1) is 17.0. The maximum Gasteiger partial charge on any atom is 0.335 e. The SMILES string of the molecule is O=C(O)c1ccccc1CC1CCN(C(=O)Cc2ccccc2O)C1. The van der Waals surface area contributed by atoms with E-state index in [1.165, 1.54) is 0 Å². The predicted molar refractivity (Wildman–Crippen MR) is 93.6 cm³/mol. The highest BCUT2D eigenvalue weighted by atomic mass is 16.4. The largest absolute Gasteiger partial charge is 0.508 e. The number of aromatic hydroxyl groups is 1. The van der Waals surface area contributed by atoms with E-state index in [1.54, 1.807) is 41.3 Å². The minimum atomic E-state index is -0.916. The summed E-state index contributed by atoms with van der Waals surface area (Å²) in [5.74, 6) is -0.521. The molecule has 5 heteroatoms. The highest BCUT2D eigenvalue weighted by Gasteiger charge is 2.27. The zero-order valence-electron chi connectivity index (χ0n) is 13.9. The number of hydrogen-bond donors (Lipinski definition) is 2. The zero-order chi connectivity index (χ0) is 17.8. The number of benzene rings is 2. The molecule has 2 aromatic carbocycles. The number of hydrogen-bond acceptors (Lipinski definition) is 3. The minimum Gasteiger partial charge on any atom is -0.508 e. The van der Waals surface area contributed by atoms with E-state index in [2.05, 4.69) is 0 Å². The molecule has 1 fully saturated rings. The Balaban J connectivity index is 1.61. The van der Waals surface area contributed by atoms with Gasteiger partial charge in [0.25, 0.3) is 0 Å². The zero-order valence-corrected chi connectivity index (χ0v) is 13.9. The number of carbonyl (C=O) groups excluding carboxylic acids is 1. The lowest BCUT2D eigenvalue weighted by atomic mass is 9.95. The Kier molecular flexibility index (Phi) is 5.03. The summed E-state index contributed by atoms with van der Waals surface area (Å²) in [6.45, 7) is 1.30. The normalized spacial score (nSPS) is 16.8. The Morgan fingerprint density at radius 1 is 1.04 bits per heavy atom. The summed E-state index contributed by atoms with van der Waals surface area (Å²) in [5.41, 5.74) is 1.78. The topological polar surface area (TPSA) is 77.8 Å². The number of carbonyl (C=O) groups is 2. The van der Waals surface area contributed by atoms with Gasteiger partial charge in [-0.05, 0) is 36.5 Å². The number of amides is 1. The van der Waals surface area contributed by atoms with Crippen LogP contribution in [0.4, 0.5) is 0 Å². The van der Waals surface area contributed by atoms with Crippen molar-refractivity contribution in [1.29, 1.82) is 0 Å². The van der Waals surface area contributed by atoms with Gasteiger partial charge in [-0.25, -0.2) is 4.79 Å². The summed E-state index contributed by atoms with van der Waals surface area (Å²) < 4.78 is 0. The van der Waals surface area contributed by atoms with Crippen LogP contribution in [0.1, 0.15) is 27.9 Å². The van der Waals surface area contributed by atoms with Gasteiger partial charge in [0, 0.05) is 18.7 Å². The van der Waals surface area contributed by atoms with Gasteiger partial charge in [0.2, 0.25) is 5.91 Å². The molecule has 25 heavy (non-hydrogen) atoms. The van der Waals surface area contributed by atoms with E-state index < -0.39 is 5.97 Å². The van der Waals surface area contributed by atoms with Crippen LogP contribution in [0.3, 0.4) is 0 Å². The summed E-state index contributed by atoms with van der Waals surface area (Å²) in [6, 6.07) is 13.9. The molecule has 2 N–H and O–H groups in total. The van der Waals surface area contributed by atoms with Crippen LogP contribution in [-0.2, 0) is 17.6 Å². The van der Waals surface area contributed by atoms with E-state index in [0.29, 0.717) is 30.6 Å². The monoisotopic (exact) mass is 339 g/mol. The highest BCUT2D eigenvalue weighted by molar-refractivity contribution is 5.89. The molecule has 2 aromatic rings. The van der Waals surface area contributed by atoms with Crippen LogP contribution in [0, 0.1) is 5.92 Å². The van der Waals surface area contributed by atoms with Gasteiger partial charge in [-0.2, -0.15) is 0 Å². The lowest BCUT2D eigenvalue weighted by Crippen LogP contribution is -2.30. The van der Waals surface area contributed by atoms with Gasteiger partial charge >= 0.3 is 5.97 Å². The Bertz CT molecular complexity index is 787. The molecule has 0 radical (unpaired) electrons. The van der Waals surface area contributed by atoms with E-state index in [9.17, 15) is 19.8 Å². The average Bonchev–Trinajstić information content (AvgIpc) is 3.06. The van der Waals surface area contributed by atoms with E-state index in [1.807, 2.05) is 12.1 Å². The minimum absolute atomic E-state index is 0.00415. The second kappa shape index (κ2) is 7.38. The number of carboxylic acid groups (broad SMARTS) is 1. The summed E-state index contributed by atoms with van der Waals surface area (Å²) >= 11 is 0. The summed E-state index contributed by atoms with van der Waals surface area (Å²) in [5, 5.41) is 19.1. The molecular formula is C20H21NO4. The Morgan fingerprint density at radius 2 is 1.72 bits per heavy atom. The molecule has 0 aromatic heterocycles. The Hall–Kier alpha value is -2.82. The fourth-order valence-electron chi connectivity index (χ4n) is 3.38. The average molecular weight is 339 g/mol. The standard InChI is InChI=1S/C20H21NO4/c22-18-8-4-2-6-16(18)12-19(23)21-10-9-14(13-21)11-15-5-1-3-7-17(15)20(24)25/h1-8,14,22H,9-13H2,(H,24,25). The summed E-state index contributed by atoms with van der Waals surface area (Å²) in [4.78, 5) is 25.6. The van der Waals surface area contributed by atoms with Crippen LogP contribution < -0.4 is 0 Å². The van der Waals surface area contributed by atoms with Crippen LogP contribution in [-0.4, -0.2) is 40.1 Å². The van der Waals surface area contributed by atoms with Crippen molar-refractivity contribution in [1.82, 2.24) is 4.90 Å². The smallest absolute Gasteiger partial charge is 0.335 e. The number of likely N-dealkylation sites (tertiary alicyclic amines) is 1. The summed E-state index contributed by atoms with van der Waals surface area (Å²) in [6.07, 6.45) is 1.70. The maximum atomic E-state index is 12.5. The van der Waals surface area contributed by atoms with Gasteiger partial charge in [-0.1, -0.05) is 36.4 Å². The second-order valence-corrected chi connectivity index (χ2v) is 6.47. The molecule has 3 rings (SSSR count). The van der Waals surface area contributed by atoms with Crippen LogP contribution in [0.15, 0.2) is 48.5 Å². The second-order valence-electron chi connectivity index (χ2n) is 6.47. The first-order valence-corrected chi connectivity index (χ1v) is 8.40. The molecule has 1 amide bonds. The van der Waals surface area contributed by atoms with Gasteiger partial charge in [-0.3, -0.25) is 4.79 Å². The van der Waals surface area contributed by atoms with Gasteiger partial charge < -0.3 is 15.1 Å². The van der Waals surface area contributed by atoms with Crippen molar-refractivity contribution in [2.45, 2.75) is 19.3 Å². The molecule has 0 saturated carbocycles. The molecule has 130 valence electrons. The van der Waals surface area contributed by atoms with Gasteiger partial charge in [0.1, 0.15) is 5.75 Å². The predicted octanol–water partition coefficient (Wildman–Crippen LogP) is 2.72. The number of nitrogens with zero attached hydrogens (tertiary/aromatic N) is 1. The van der Waals surface area contributed by atoms with E-state index in [4.69, 9.17) is 0 Å². The number of para-hydroxylation sites is 1. The third-order valence-corrected chi connectivity index (χ3v) is 4.73. The van der Waals surface area contributed by atoms with Gasteiger partial charge in [0.05, 0.1) is 12.0 Å². The molecule has 5 nitrogen and oxygen atoms in total. The Morgan fingerprint density at radius 3 is 2.44 bits per heavy atom. The van der Waals surface area contributed by atoms with E-state index in [-0.39, 0.29) is 24.0 Å². The van der Waals surface area contributed by atoms with Crippen molar-refractivity contribution in [3.63, 3.8) is 0 Å². The van der Waals surface area contributed by atoms with Crippen molar-refractivity contribution in [3.05, 3.63) is 65.2 Å². The fourth-order valence-corrected chi connectivity index (χ4v) is 3.38. The Labute approximate surface area is 146 Å². The molecule has 0 spiro atoms. The first-order chi connectivity index (χ1) is 12.0. The molecular weight excluding hydrogens is 318 g/mol. The van der Waals surface area contributed by atoms with Crippen molar-refractivity contribution >= 4 is 11.9 Å².